The molecule has 4 bridgehead atoms. The van der Waals surface area contributed by atoms with Gasteiger partial charge in [-0.15, -0.1) is 11.6 Å². The van der Waals surface area contributed by atoms with E-state index in [1.54, 1.807) is 0 Å². The van der Waals surface area contributed by atoms with Crippen LogP contribution in [0.25, 0.3) is 0 Å². The Balaban J connectivity index is 1.51. The highest BCUT2D eigenvalue weighted by molar-refractivity contribution is 6.24. The third-order valence-corrected chi connectivity index (χ3v) is 7.16. The summed E-state index contributed by atoms with van der Waals surface area (Å²) in [6.45, 7) is 1.53. The zero-order valence-electron chi connectivity index (χ0n) is 16.5. The number of carbonyl (C=O) groups excluding carboxylic acids is 2. The average molecular weight is 424 g/mol. The monoisotopic (exact) mass is 423 g/mol. The third kappa shape index (κ3) is 3.41. The maximum absolute atomic E-state index is 13.0. The van der Waals surface area contributed by atoms with Gasteiger partial charge in [-0.2, -0.15) is 0 Å². The Morgan fingerprint density at radius 1 is 1.24 bits per heavy atom. The summed E-state index contributed by atoms with van der Waals surface area (Å²) in [7, 11) is 0. The maximum atomic E-state index is 13.0. The lowest BCUT2D eigenvalue weighted by molar-refractivity contribution is -0.168. The third-order valence-electron chi connectivity index (χ3n) is 6.72. The van der Waals surface area contributed by atoms with Crippen molar-refractivity contribution in [2.75, 3.05) is 12.3 Å². The number of Topliss-reactive ketones (excluding diaryl/α,β-unsaturated/α-hetero) is 1. The van der Waals surface area contributed by atoms with E-state index in [0.29, 0.717) is 24.7 Å². The highest BCUT2D eigenvalue weighted by Crippen LogP contribution is 2.64. The molecule has 0 spiro atoms. The number of ketones is 1. The van der Waals surface area contributed by atoms with E-state index in [1.165, 1.54) is 0 Å². The van der Waals surface area contributed by atoms with Gasteiger partial charge in [0.05, 0.1) is 5.41 Å². The van der Waals surface area contributed by atoms with Crippen molar-refractivity contribution < 1.29 is 14.3 Å². The fraction of sp³-hybridized carbons (Fsp3) is 0.700. The van der Waals surface area contributed by atoms with E-state index < -0.39 is 35.0 Å². The van der Waals surface area contributed by atoms with Gasteiger partial charge >= 0.3 is 11.7 Å². The first-order valence-electron chi connectivity index (χ1n) is 10.2. The number of H-pyrrole nitrogens is 1. The van der Waals surface area contributed by atoms with Crippen LogP contribution in [-0.2, 0) is 16.1 Å². The number of nitrogens with one attached hydrogen (secondary N) is 1. The number of halogens is 1. The molecular formula is C20H26ClN3O5. The van der Waals surface area contributed by atoms with Gasteiger partial charge in [-0.1, -0.05) is 6.92 Å². The first-order chi connectivity index (χ1) is 13.7. The smallest absolute Gasteiger partial charge is 0.329 e. The van der Waals surface area contributed by atoms with Crippen LogP contribution in [0.1, 0.15) is 62.2 Å². The maximum Gasteiger partial charge on any atom is 0.329 e. The second-order valence-corrected chi connectivity index (χ2v) is 9.86. The number of esters is 1. The molecule has 1 aromatic heterocycles. The van der Waals surface area contributed by atoms with Crippen molar-refractivity contribution in [3.8, 4) is 0 Å². The Kier molecular flexibility index (Phi) is 4.88. The summed E-state index contributed by atoms with van der Waals surface area (Å²) >= 11 is 6.76. The lowest BCUT2D eigenvalue weighted by atomic mass is 9.49. The summed E-state index contributed by atoms with van der Waals surface area (Å²) in [5.74, 6) is -0.480. The molecule has 2 unspecified atom stereocenters. The number of hydrogen-bond donors (Lipinski definition) is 2. The Morgan fingerprint density at radius 3 is 2.48 bits per heavy atom. The molecule has 4 saturated carbocycles. The van der Waals surface area contributed by atoms with Crippen LogP contribution in [0.4, 0.5) is 5.82 Å². The second-order valence-electron chi connectivity index (χ2n) is 9.06. The lowest BCUT2D eigenvalue weighted by Crippen LogP contribution is -2.56. The van der Waals surface area contributed by atoms with Gasteiger partial charge in [-0.25, -0.2) is 4.79 Å². The number of anilines is 1. The van der Waals surface area contributed by atoms with Crippen LogP contribution in [-0.4, -0.2) is 32.8 Å². The molecule has 4 aliphatic rings. The van der Waals surface area contributed by atoms with Crippen molar-refractivity contribution in [2.45, 2.75) is 63.3 Å². The molecular weight excluding hydrogens is 398 g/mol. The molecule has 1 aromatic rings. The zero-order chi connectivity index (χ0) is 21.0. The molecule has 1 heterocycles. The summed E-state index contributed by atoms with van der Waals surface area (Å²) in [6, 6.07) is 0. The fourth-order valence-electron chi connectivity index (χ4n) is 6.05. The summed E-state index contributed by atoms with van der Waals surface area (Å²) in [6.07, 6.45) is 5.64. The number of carbonyl (C=O) groups is 2. The van der Waals surface area contributed by atoms with Crippen molar-refractivity contribution in [3.05, 3.63) is 26.4 Å². The quantitative estimate of drug-likeness (QED) is 0.408. The fourth-order valence-corrected chi connectivity index (χ4v) is 6.74. The van der Waals surface area contributed by atoms with E-state index in [9.17, 15) is 19.2 Å². The Hall–Kier alpha value is -2.09. The molecule has 5 rings (SSSR count). The molecule has 0 aliphatic heterocycles. The van der Waals surface area contributed by atoms with E-state index in [-0.39, 0.29) is 22.8 Å². The number of rotatable bonds is 6. The molecule has 158 valence electrons. The van der Waals surface area contributed by atoms with Crippen LogP contribution in [0.3, 0.4) is 0 Å². The first kappa shape index (κ1) is 20.2. The number of ether oxygens (including phenoxy) is 1. The standard InChI is InChI=1S/C20H26ClN3O5/c1-2-3-24-15(22)14(16(26)23-18(24)28)13(25)9-29-17(27)19-5-11-4-12(6-19)8-20(21,7-11)10-19/h11-12H,2-10,22H2,1H3,(H,23,26,28)/t11-,12+,19?,20?. The predicted molar refractivity (Wildman–Crippen MR) is 107 cm³/mol. The average Bonchev–Trinajstić information content (AvgIpc) is 2.60. The van der Waals surface area contributed by atoms with E-state index in [1.807, 2.05) is 6.92 Å². The van der Waals surface area contributed by atoms with Crippen molar-refractivity contribution in [1.29, 1.82) is 0 Å². The van der Waals surface area contributed by atoms with Crippen LogP contribution < -0.4 is 17.0 Å². The molecule has 4 fully saturated rings. The van der Waals surface area contributed by atoms with Gasteiger partial charge in [-0.05, 0) is 56.8 Å². The molecule has 3 N–H and O–H groups in total. The topological polar surface area (TPSA) is 124 Å². The lowest BCUT2D eigenvalue weighted by Gasteiger charge is -2.58. The zero-order valence-corrected chi connectivity index (χ0v) is 17.2. The number of aromatic amines is 1. The number of nitrogen functional groups attached to an aromatic ring is 1. The molecule has 29 heavy (non-hydrogen) atoms. The minimum absolute atomic E-state index is 0.198. The Labute approximate surface area is 172 Å². The molecule has 0 radical (unpaired) electrons. The van der Waals surface area contributed by atoms with Crippen molar-refractivity contribution in [1.82, 2.24) is 9.55 Å². The Bertz CT molecular complexity index is 967. The molecule has 0 saturated heterocycles. The summed E-state index contributed by atoms with van der Waals surface area (Å²) in [5, 5.41) is 0. The number of aromatic nitrogens is 2. The van der Waals surface area contributed by atoms with Crippen LogP contribution >= 0.6 is 11.6 Å². The highest BCUT2D eigenvalue weighted by atomic mass is 35.5. The van der Waals surface area contributed by atoms with Crippen molar-refractivity contribution in [2.24, 2.45) is 17.3 Å². The summed E-state index contributed by atoms with van der Waals surface area (Å²) in [5.41, 5.74) is 3.40. The summed E-state index contributed by atoms with van der Waals surface area (Å²) in [4.78, 5) is 51.4. The molecule has 9 heteroatoms. The van der Waals surface area contributed by atoms with E-state index in [0.717, 1.165) is 36.7 Å². The van der Waals surface area contributed by atoms with Gasteiger partial charge < -0.3 is 10.5 Å². The van der Waals surface area contributed by atoms with Crippen LogP contribution in [0, 0.1) is 17.3 Å². The summed E-state index contributed by atoms with van der Waals surface area (Å²) < 4.78 is 6.53. The normalized spacial score (nSPS) is 32.3. The highest BCUT2D eigenvalue weighted by Gasteiger charge is 2.60. The largest absolute Gasteiger partial charge is 0.457 e. The van der Waals surface area contributed by atoms with Crippen LogP contribution in [0.5, 0.6) is 0 Å². The molecule has 8 nitrogen and oxygen atoms in total. The molecule has 0 aromatic carbocycles. The molecule has 4 aliphatic carbocycles. The number of nitrogens with zero attached hydrogens (tertiary/aromatic N) is 1. The van der Waals surface area contributed by atoms with Crippen molar-refractivity contribution >= 4 is 29.2 Å². The van der Waals surface area contributed by atoms with Gasteiger partial charge in [0.2, 0.25) is 5.78 Å². The first-order valence-corrected chi connectivity index (χ1v) is 10.6. The Morgan fingerprint density at radius 2 is 1.90 bits per heavy atom. The number of hydrogen-bond acceptors (Lipinski definition) is 6. The predicted octanol–water partition coefficient (Wildman–Crippen LogP) is 1.83. The van der Waals surface area contributed by atoms with Gasteiger partial charge in [0.15, 0.2) is 6.61 Å². The molecule has 4 atom stereocenters. The number of nitrogens with two attached hydrogens (primary N) is 1. The SMILES string of the molecule is CCCn1c(N)c(C(=O)COC(=O)C23C[C@@H]4C[C@@H](CC(Cl)(C4)C2)C3)c(=O)[nH]c1=O. The minimum Gasteiger partial charge on any atom is -0.457 e. The van der Waals surface area contributed by atoms with E-state index in [2.05, 4.69) is 4.98 Å². The number of alkyl halides is 1. The van der Waals surface area contributed by atoms with E-state index >= 15 is 0 Å². The van der Waals surface area contributed by atoms with Crippen molar-refractivity contribution in [3.63, 3.8) is 0 Å². The van der Waals surface area contributed by atoms with E-state index in [4.69, 9.17) is 22.1 Å². The van der Waals surface area contributed by atoms with Crippen LogP contribution in [0.15, 0.2) is 9.59 Å². The van der Waals surface area contributed by atoms with Gasteiger partial charge in [-0.3, -0.25) is 23.9 Å². The second kappa shape index (κ2) is 7.00. The van der Waals surface area contributed by atoms with Crippen LogP contribution in [0.2, 0.25) is 0 Å². The van der Waals surface area contributed by atoms with Gasteiger partial charge in [0.1, 0.15) is 11.4 Å². The van der Waals surface area contributed by atoms with Gasteiger partial charge in [0, 0.05) is 11.4 Å². The minimum atomic E-state index is -0.865. The molecule has 0 amide bonds. The van der Waals surface area contributed by atoms with Gasteiger partial charge in [0.25, 0.3) is 5.56 Å².